The molecular weight excluding hydrogens is 510 g/mol. The van der Waals surface area contributed by atoms with Crippen LogP contribution < -0.4 is 18.1 Å². The van der Waals surface area contributed by atoms with Crippen LogP contribution in [0, 0.1) is 0 Å². The largest absolute Gasteiger partial charge is 0.422 e. The molecule has 10 heteroatoms. The van der Waals surface area contributed by atoms with Crippen LogP contribution in [-0.4, -0.2) is 34.2 Å². The van der Waals surface area contributed by atoms with Crippen LogP contribution in [0.2, 0.25) is 0 Å². The van der Waals surface area contributed by atoms with Crippen molar-refractivity contribution < 1.29 is 27.7 Å². The molecule has 0 N–H and O–H groups in total. The topological polar surface area (TPSA) is 77.5 Å². The molecule has 0 saturated carbocycles. The third-order valence-electron chi connectivity index (χ3n) is 6.36. The Kier molecular flexibility index (Phi) is 5.38. The number of nitrogens with zero attached hydrogens (tertiary/aromatic N) is 2. The molecule has 0 saturated heterocycles. The summed E-state index contributed by atoms with van der Waals surface area (Å²) in [5.41, 5.74) is 0.978. The van der Waals surface area contributed by atoms with Gasteiger partial charge in [0.25, 0.3) is 11.8 Å². The van der Waals surface area contributed by atoms with E-state index in [1.54, 1.807) is 33.6 Å². The standard InChI is InChI=1S/C27H20N2O6P2/c30-26-20-10-3-5-12-22(20)32-36-28(26)14-7-15-29-27(31)21-11-4-6-13-23(21)33-37(29)35-25-17-19-9-2-1-8-18(19)16-24(25)34-36/h1-6,8-13,16-17H,7,14-15H2. The molecule has 0 aromatic heterocycles. The van der Waals surface area contributed by atoms with Gasteiger partial charge >= 0.3 is 17.1 Å². The second kappa shape index (κ2) is 8.91. The number of fused-ring (bicyclic) bond motifs is 6. The SMILES string of the molecule is O=C1c2ccccc2OP2Oc3cc4ccccc4cc3OP3Oc4ccccc4C(=O)N3CCCN12. The molecule has 3 heterocycles. The van der Waals surface area contributed by atoms with Crippen LogP contribution in [0.4, 0.5) is 0 Å². The van der Waals surface area contributed by atoms with E-state index in [4.69, 9.17) is 18.1 Å². The monoisotopic (exact) mass is 530 g/mol. The molecule has 0 fully saturated rings. The Hall–Kier alpha value is -3.86. The number of carbonyl (C=O) groups excluding carboxylic acids is 2. The van der Waals surface area contributed by atoms with Crippen molar-refractivity contribution in [3.63, 3.8) is 0 Å². The molecule has 3 aliphatic heterocycles. The lowest BCUT2D eigenvalue weighted by molar-refractivity contribution is 0.0816. The van der Waals surface area contributed by atoms with Gasteiger partial charge in [-0.05, 0) is 53.6 Å². The van der Waals surface area contributed by atoms with Crippen molar-refractivity contribution in [1.29, 1.82) is 0 Å². The maximum absolute atomic E-state index is 13.5. The second-order valence-corrected chi connectivity index (χ2v) is 11.3. The summed E-state index contributed by atoms with van der Waals surface area (Å²) in [7, 11) is -3.62. The smallest absolute Gasteiger partial charge is 0.419 e. The van der Waals surface area contributed by atoms with Crippen molar-refractivity contribution >= 4 is 39.6 Å². The fourth-order valence-corrected chi connectivity index (χ4v) is 7.39. The summed E-state index contributed by atoms with van der Waals surface area (Å²) >= 11 is 0. The van der Waals surface area contributed by atoms with Gasteiger partial charge in [-0.15, -0.1) is 0 Å². The van der Waals surface area contributed by atoms with Gasteiger partial charge in [-0.25, -0.2) is 0 Å². The van der Waals surface area contributed by atoms with E-state index in [1.807, 2.05) is 60.7 Å². The van der Waals surface area contributed by atoms with E-state index in [-0.39, 0.29) is 11.8 Å². The summed E-state index contributed by atoms with van der Waals surface area (Å²) < 4.78 is 28.5. The average molecular weight is 530 g/mol. The molecule has 3 aliphatic rings. The molecule has 37 heavy (non-hydrogen) atoms. The summed E-state index contributed by atoms with van der Waals surface area (Å²) in [4.78, 5) is 27.0. The van der Waals surface area contributed by atoms with E-state index in [2.05, 4.69) is 0 Å². The normalized spacial score (nSPS) is 20.4. The summed E-state index contributed by atoms with van der Waals surface area (Å²) in [6.07, 6.45) is 0.497. The first-order valence-electron chi connectivity index (χ1n) is 11.8. The molecule has 0 aliphatic carbocycles. The summed E-state index contributed by atoms with van der Waals surface area (Å²) in [6.45, 7) is 0.687. The number of amides is 2. The second-order valence-electron chi connectivity index (χ2n) is 8.69. The van der Waals surface area contributed by atoms with Gasteiger partial charge in [-0.2, -0.15) is 0 Å². The highest BCUT2D eigenvalue weighted by Gasteiger charge is 2.42. The molecule has 4 aromatic rings. The predicted octanol–water partition coefficient (Wildman–Crippen LogP) is 6.52. The van der Waals surface area contributed by atoms with Crippen molar-refractivity contribution in [2.75, 3.05) is 13.1 Å². The van der Waals surface area contributed by atoms with Gasteiger partial charge in [0.1, 0.15) is 11.5 Å². The Balaban J connectivity index is 1.35. The van der Waals surface area contributed by atoms with E-state index in [0.29, 0.717) is 53.6 Å². The van der Waals surface area contributed by atoms with Gasteiger partial charge in [0, 0.05) is 13.1 Å². The maximum Gasteiger partial charge on any atom is 0.419 e. The van der Waals surface area contributed by atoms with E-state index in [9.17, 15) is 9.59 Å². The molecular formula is C27H20N2O6P2. The number of rotatable bonds is 0. The minimum absolute atomic E-state index is 0.163. The Labute approximate surface area is 215 Å². The van der Waals surface area contributed by atoms with Crippen molar-refractivity contribution in [2.24, 2.45) is 0 Å². The molecule has 0 bridgehead atoms. The zero-order chi connectivity index (χ0) is 24.9. The highest BCUT2D eigenvalue weighted by Crippen LogP contribution is 2.56. The first-order valence-corrected chi connectivity index (χ1v) is 14.1. The number of benzene rings is 4. The van der Waals surface area contributed by atoms with Gasteiger partial charge in [-0.3, -0.25) is 18.9 Å². The molecule has 184 valence electrons. The van der Waals surface area contributed by atoms with Crippen molar-refractivity contribution in [1.82, 2.24) is 9.34 Å². The Bertz CT molecular complexity index is 1450. The predicted molar refractivity (Wildman–Crippen MR) is 140 cm³/mol. The van der Waals surface area contributed by atoms with Gasteiger partial charge in [0.2, 0.25) is 0 Å². The summed E-state index contributed by atoms with van der Waals surface area (Å²) in [6, 6.07) is 25.9. The van der Waals surface area contributed by atoms with Gasteiger partial charge in [0.05, 0.1) is 11.1 Å². The molecule has 2 unspecified atom stereocenters. The van der Waals surface area contributed by atoms with E-state index < -0.39 is 17.1 Å². The van der Waals surface area contributed by atoms with Gasteiger partial charge in [-0.1, -0.05) is 48.5 Å². The highest BCUT2D eigenvalue weighted by atomic mass is 31.2. The van der Waals surface area contributed by atoms with Crippen LogP contribution in [0.15, 0.2) is 84.9 Å². The molecule has 2 atom stereocenters. The molecule has 2 amide bonds. The zero-order valence-electron chi connectivity index (χ0n) is 19.4. The fraction of sp³-hybridized carbons (Fsp3) is 0.111. The molecule has 8 nitrogen and oxygen atoms in total. The zero-order valence-corrected chi connectivity index (χ0v) is 21.2. The van der Waals surface area contributed by atoms with Crippen LogP contribution in [0.3, 0.4) is 0 Å². The Morgan fingerprint density at radius 2 is 0.946 bits per heavy atom. The number of hydrogen-bond donors (Lipinski definition) is 0. The third-order valence-corrected chi connectivity index (χ3v) is 9.32. The molecule has 0 radical (unpaired) electrons. The van der Waals surface area contributed by atoms with E-state index in [1.165, 1.54) is 0 Å². The lowest BCUT2D eigenvalue weighted by atomic mass is 10.1. The summed E-state index contributed by atoms with van der Waals surface area (Å²) in [5, 5.41) is 1.89. The van der Waals surface area contributed by atoms with E-state index in [0.717, 1.165) is 10.8 Å². The number of hydrogen-bond acceptors (Lipinski definition) is 6. The number of para-hydroxylation sites is 2. The molecule has 4 aromatic carbocycles. The maximum atomic E-state index is 13.5. The first-order chi connectivity index (χ1) is 18.2. The van der Waals surface area contributed by atoms with Crippen LogP contribution in [0.5, 0.6) is 23.0 Å². The summed E-state index contributed by atoms with van der Waals surface area (Å²) in [5.74, 6) is 1.49. The minimum Gasteiger partial charge on any atom is -0.422 e. The van der Waals surface area contributed by atoms with Gasteiger partial charge < -0.3 is 18.1 Å². The lowest BCUT2D eigenvalue weighted by Gasteiger charge is -2.34. The van der Waals surface area contributed by atoms with Crippen LogP contribution in [-0.2, 0) is 0 Å². The lowest BCUT2D eigenvalue weighted by Crippen LogP contribution is -2.37. The first kappa shape index (κ1) is 22.3. The third kappa shape index (κ3) is 3.85. The minimum atomic E-state index is -1.81. The quantitative estimate of drug-likeness (QED) is 0.241. The van der Waals surface area contributed by atoms with Crippen molar-refractivity contribution in [2.45, 2.75) is 6.42 Å². The highest BCUT2D eigenvalue weighted by molar-refractivity contribution is 7.47. The molecule has 7 rings (SSSR count). The Morgan fingerprint density at radius 3 is 1.43 bits per heavy atom. The van der Waals surface area contributed by atoms with Crippen molar-refractivity contribution in [3.8, 4) is 23.0 Å². The van der Waals surface area contributed by atoms with Gasteiger partial charge in [0.15, 0.2) is 11.5 Å². The van der Waals surface area contributed by atoms with Crippen LogP contribution >= 0.6 is 17.1 Å². The van der Waals surface area contributed by atoms with Crippen molar-refractivity contribution in [3.05, 3.63) is 96.1 Å². The van der Waals surface area contributed by atoms with Crippen LogP contribution in [0.25, 0.3) is 10.8 Å². The fourth-order valence-electron chi connectivity index (χ4n) is 4.52. The Morgan fingerprint density at radius 1 is 0.541 bits per heavy atom. The number of carbonyl (C=O) groups is 2. The van der Waals surface area contributed by atoms with Crippen LogP contribution in [0.1, 0.15) is 27.1 Å². The molecule has 0 spiro atoms. The average Bonchev–Trinajstić information content (AvgIpc) is 2.94. The van der Waals surface area contributed by atoms with E-state index >= 15 is 0 Å².